The van der Waals surface area contributed by atoms with Crippen LogP contribution in [-0.2, 0) is 4.79 Å². The topological polar surface area (TPSA) is 49.3 Å². The summed E-state index contributed by atoms with van der Waals surface area (Å²) in [5, 5.41) is 12.0. The average molecular weight is 157 g/mol. The van der Waals surface area contributed by atoms with Crippen LogP contribution in [0.4, 0.5) is 0 Å². The van der Waals surface area contributed by atoms with E-state index in [1.807, 2.05) is 13.8 Å². The number of aliphatic carboxylic acids is 1. The molecule has 0 radical (unpaired) electrons. The first-order valence-electron chi connectivity index (χ1n) is 4.08. The van der Waals surface area contributed by atoms with Crippen molar-refractivity contribution >= 4 is 5.97 Å². The molecule has 0 unspecified atom stereocenters. The smallest absolute Gasteiger partial charge is 0.306 e. The summed E-state index contributed by atoms with van der Waals surface area (Å²) in [7, 11) is 0. The minimum Gasteiger partial charge on any atom is -0.481 e. The van der Waals surface area contributed by atoms with Gasteiger partial charge in [0.05, 0.1) is 5.92 Å². The summed E-state index contributed by atoms with van der Waals surface area (Å²) in [6.45, 7) is 4.07. The van der Waals surface area contributed by atoms with Crippen LogP contribution in [0.15, 0.2) is 0 Å². The summed E-state index contributed by atoms with van der Waals surface area (Å²) < 4.78 is 0. The second kappa shape index (κ2) is 3.22. The molecule has 1 aliphatic rings. The number of carboxylic acid groups (broad SMARTS) is 1. The van der Waals surface area contributed by atoms with Gasteiger partial charge in [0.15, 0.2) is 0 Å². The number of carboxylic acids is 1. The van der Waals surface area contributed by atoms with E-state index in [2.05, 4.69) is 5.32 Å². The second-order valence-corrected chi connectivity index (χ2v) is 3.48. The third-order valence-electron chi connectivity index (χ3n) is 2.19. The van der Waals surface area contributed by atoms with E-state index in [9.17, 15) is 4.79 Å². The Morgan fingerprint density at radius 1 is 1.36 bits per heavy atom. The van der Waals surface area contributed by atoms with E-state index in [0.29, 0.717) is 12.1 Å². The zero-order chi connectivity index (χ0) is 8.43. The number of carbonyl (C=O) groups is 1. The highest BCUT2D eigenvalue weighted by Gasteiger charge is 2.27. The molecule has 1 aliphatic heterocycles. The van der Waals surface area contributed by atoms with Gasteiger partial charge in [0.1, 0.15) is 0 Å². The fourth-order valence-electron chi connectivity index (χ4n) is 1.77. The first-order valence-corrected chi connectivity index (χ1v) is 4.08. The maximum Gasteiger partial charge on any atom is 0.306 e. The molecular weight excluding hydrogens is 142 g/mol. The van der Waals surface area contributed by atoms with Gasteiger partial charge >= 0.3 is 5.97 Å². The Hall–Kier alpha value is -0.570. The van der Waals surface area contributed by atoms with Crippen LogP contribution in [-0.4, -0.2) is 23.2 Å². The monoisotopic (exact) mass is 157 g/mol. The number of piperidine rings is 1. The van der Waals surface area contributed by atoms with E-state index in [1.54, 1.807) is 0 Å². The number of rotatable bonds is 1. The molecule has 64 valence electrons. The third kappa shape index (κ3) is 2.19. The molecule has 3 heteroatoms. The van der Waals surface area contributed by atoms with Gasteiger partial charge in [-0.2, -0.15) is 0 Å². The van der Waals surface area contributed by atoms with E-state index in [1.165, 1.54) is 0 Å². The highest BCUT2D eigenvalue weighted by atomic mass is 16.4. The summed E-state index contributed by atoms with van der Waals surface area (Å²) in [5.41, 5.74) is 0. The van der Waals surface area contributed by atoms with Crippen LogP contribution in [0.2, 0.25) is 0 Å². The van der Waals surface area contributed by atoms with Gasteiger partial charge in [-0.1, -0.05) is 0 Å². The maximum absolute atomic E-state index is 10.6. The number of nitrogens with one attached hydrogen (secondary N) is 1. The van der Waals surface area contributed by atoms with Gasteiger partial charge in [0, 0.05) is 12.1 Å². The maximum atomic E-state index is 10.6. The molecule has 1 saturated heterocycles. The largest absolute Gasteiger partial charge is 0.481 e. The predicted molar refractivity (Wildman–Crippen MR) is 42.4 cm³/mol. The lowest BCUT2D eigenvalue weighted by atomic mass is 9.89. The summed E-state index contributed by atoms with van der Waals surface area (Å²) in [5.74, 6) is -0.786. The Balaban J connectivity index is 2.49. The summed E-state index contributed by atoms with van der Waals surface area (Å²) in [6.07, 6.45) is 1.53. The molecule has 0 bridgehead atoms. The molecule has 0 aromatic heterocycles. The SMILES string of the molecule is C[C@H]1CC(C(=O)O)C[C@H](C)N1. The average Bonchev–Trinajstić information content (AvgIpc) is 1.85. The Kier molecular flexibility index (Phi) is 2.49. The molecule has 1 heterocycles. The van der Waals surface area contributed by atoms with Gasteiger partial charge in [-0.25, -0.2) is 0 Å². The van der Waals surface area contributed by atoms with E-state index in [0.717, 1.165) is 12.8 Å². The van der Waals surface area contributed by atoms with Crippen molar-refractivity contribution in [1.29, 1.82) is 0 Å². The van der Waals surface area contributed by atoms with Crippen LogP contribution in [0, 0.1) is 5.92 Å². The van der Waals surface area contributed by atoms with Crippen LogP contribution < -0.4 is 5.32 Å². The Morgan fingerprint density at radius 3 is 2.18 bits per heavy atom. The zero-order valence-electron chi connectivity index (χ0n) is 7.00. The minimum atomic E-state index is -0.648. The molecule has 0 spiro atoms. The molecule has 0 aromatic rings. The first kappa shape index (κ1) is 8.53. The normalized spacial score (nSPS) is 38.5. The molecule has 0 aromatic carbocycles. The molecule has 11 heavy (non-hydrogen) atoms. The van der Waals surface area contributed by atoms with Crippen LogP contribution in [0.3, 0.4) is 0 Å². The van der Waals surface area contributed by atoms with E-state index in [-0.39, 0.29) is 5.92 Å². The fourth-order valence-corrected chi connectivity index (χ4v) is 1.77. The Bertz CT molecular complexity index is 148. The molecule has 0 aliphatic carbocycles. The zero-order valence-corrected chi connectivity index (χ0v) is 7.00. The lowest BCUT2D eigenvalue weighted by Gasteiger charge is -2.30. The highest BCUT2D eigenvalue weighted by Crippen LogP contribution is 2.19. The molecule has 0 amide bonds. The van der Waals surface area contributed by atoms with E-state index < -0.39 is 5.97 Å². The summed E-state index contributed by atoms with van der Waals surface area (Å²) in [4.78, 5) is 10.6. The Morgan fingerprint density at radius 2 is 1.82 bits per heavy atom. The quantitative estimate of drug-likeness (QED) is 0.593. The van der Waals surface area contributed by atoms with Gasteiger partial charge in [0.25, 0.3) is 0 Å². The van der Waals surface area contributed by atoms with Crippen molar-refractivity contribution in [2.24, 2.45) is 5.92 Å². The van der Waals surface area contributed by atoms with Crippen molar-refractivity contribution in [2.45, 2.75) is 38.8 Å². The van der Waals surface area contributed by atoms with Crippen LogP contribution in [0.25, 0.3) is 0 Å². The van der Waals surface area contributed by atoms with E-state index in [4.69, 9.17) is 5.11 Å². The van der Waals surface area contributed by atoms with Gasteiger partial charge < -0.3 is 10.4 Å². The molecule has 2 N–H and O–H groups in total. The van der Waals surface area contributed by atoms with Crippen LogP contribution in [0.1, 0.15) is 26.7 Å². The fraction of sp³-hybridized carbons (Fsp3) is 0.875. The standard InChI is InChI=1S/C8H15NO2/c1-5-3-7(8(10)11)4-6(2)9-5/h5-7,9H,3-4H2,1-2H3,(H,10,11)/t5-,6-/m0/s1. The third-order valence-corrected chi connectivity index (χ3v) is 2.19. The minimum absolute atomic E-state index is 0.138. The van der Waals surface area contributed by atoms with Gasteiger partial charge in [-0.15, -0.1) is 0 Å². The van der Waals surface area contributed by atoms with E-state index >= 15 is 0 Å². The number of hydrogen-bond donors (Lipinski definition) is 2. The predicted octanol–water partition coefficient (Wildman–Crippen LogP) is 0.848. The Labute approximate surface area is 66.8 Å². The summed E-state index contributed by atoms with van der Waals surface area (Å²) >= 11 is 0. The molecule has 0 saturated carbocycles. The van der Waals surface area contributed by atoms with Gasteiger partial charge in [-0.05, 0) is 26.7 Å². The van der Waals surface area contributed by atoms with Crippen molar-refractivity contribution in [3.8, 4) is 0 Å². The van der Waals surface area contributed by atoms with Crippen LogP contribution in [0.5, 0.6) is 0 Å². The van der Waals surface area contributed by atoms with Crippen molar-refractivity contribution in [3.63, 3.8) is 0 Å². The van der Waals surface area contributed by atoms with Gasteiger partial charge in [-0.3, -0.25) is 4.79 Å². The second-order valence-electron chi connectivity index (χ2n) is 3.48. The molecule has 1 fully saturated rings. The van der Waals surface area contributed by atoms with Crippen LogP contribution >= 0.6 is 0 Å². The lowest BCUT2D eigenvalue weighted by Crippen LogP contribution is -2.44. The molecule has 3 nitrogen and oxygen atoms in total. The van der Waals surface area contributed by atoms with Crippen molar-refractivity contribution in [3.05, 3.63) is 0 Å². The van der Waals surface area contributed by atoms with Crippen molar-refractivity contribution in [2.75, 3.05) is 0 Å². The lowest BCUT2D eigenvalue weighted by molar-refractivity contribution is -0.143. The van der Waals surface area contributed by atoms with Crippen molar-refractivity contribution in [1.82, 2.24) is 5.32 Å². The van der Waals surface area contributed by atoms with Gasteiger partial charge in [0.2, 0.25) is 0 Å². The molecule has 2 atom stereocenters. The highest BCUT2D eigenvalue weighted by molar-refractivity contribution is 5.70. The molecular formula is C8H15NO2. The molecule has 1 rings (SSSR count). The summed E-state index contributed by atoms with van der Waals surface area (Å²) in [6, 6.07) is 0.694. The van der Waals surface area contributed by atoms with Crippen molar-refractivity contribution < 1.29 is 9.90 Å². The number of hydrogen-bond acceptors (Lipinski definition) is 2. The first-order chi connectivity index (χ1) is 5.09.